The van der Waals surface area contributed by atoms with Gasteiger partial charge in [0.05, 0.1) is 11.1 Å². The third-order valence-corrected chi connectivity index (χ3v) is 8.55. The number of aryl methyl sites for hydroxylation is 3. The van der Waals surface area contributed by atoms with E-state index < -0.39 is 23.4 Å². The second kappa shape index (κ2) is 14.6. The number of carbonyl (C=O) groups is 1. The minimum Gasteiger partial charge on any atom is -0.487 e. The maximum atomic E-state index is 14.5. The van der Waals surface area contributed by atoms with Gasteiger partial charge in [0.25, 0.3) is 0 Å². The first-order valence-corrected chi connectivity index (χ1v) is 16.0. The lowest BCUT2D eigenvalue weighted by atomic mass is 10.0. The van der Waals surface area contributed by atoms with Gasteiger partial charge in [0.1, 0.15) is 30.4 Å². The molecule has 0 radical (unpaired) electrons. The highest BCUT2D eigenvalue weighted by Crippen LogP contribution is 2.31. The molecule has 7 nitrogen and oxygen atoms in total. The number of nitrogens with zero attached hydrogens (tertiary/aromatic N) is 3. The predicted octanol–water partition coefficient (Wildman–Crippen LogP) is 8.28. The monoisotopic (exact) mass is 701 g/mol. The Morgan fingerprint density at radius 1 is 0.902 bits per heavy atom. The second-order valence-corrected chi connectivity index (χ2v) is 12.2. The highest BCUT2D eigenvalue weighted by Gasteiger charge is 2.30. The molecule has 0 fully saturated rings. The van der Waals surface area contributed by atoms with Gasteiger partial charge in [0.15, 0.2) is 17.1 Å². The van der Waals surface area contributed by atoms with Crippen molar-refractivity contribution in [2.24, 2.45) is 0 Å². The lowest BCUT2D eigenvalue weighted by Crippen LogP contribution is -2.31. The van der Waals surface area contributed by atoms with Crippen LogP contribution in [-0.4, -0.2) is 27.6 Å². The van der Waals surface area contributed by atoms with E-state index in [2.05, 4.69) is 5.16 Å². The van der Waals surface area contributed by atoms with Gasteiger partial charge in [-0.1, -0.05) is 53.7 Å². The van der Waals surface area contributed by atoms with Crippen LogP contribution in [0.2, 0.25) is 0 Å². The second-order valence-electron chi connectivity index (χ2n) is 12.2. The molecule has 2 heterocycles. The Morgan fingerprint density at radius 2 is 1.61 bits per heavy atom. The molecule has 0 bridgehead atoms. The minimum absolute atomic E-state index is 0.0750. The lowest BCUT2D eigenvalue weighted by molar-refractivity contribution is -0.137. The summed E-state index contributed by atoms with van der Waals surface area (Å²) in [7, 11) is 1.63. The van der Waals surface area contributed by atoms with Crippen molar-refractivity contribution < 1.29 is 36.0 Å². The van der Waals surface area contributed by atoms with Crippen molar-refractivity contribution in [2.75, 3.05) is 7.05 Å². The molecule has 0 saturated heterocycles. The van der Waals surface area contributed by atoms with Crippen LogP contribution in [-0.2, 0) is 43.5 Å². The Labute approximate surface area is 289 Å². The fourth-order valence-electron chi connectivity index (χ4n) is 5.81. The SMILES string of the molecule is Cc1cc(COc2ccc3c(=O)cc(CCc4cccc(F)c4F)n(CC(=O)N(C)Cc4ccc(-c5ccc(C(F)(F)F)cc5)cc4)c3c2)no1. The van der Waals surface area contributed by atoms with Gasteiger partial charge >= 0.3 is 6.18 Å². The van der Waals surface area contributed by atoms with Crippen LogP contribution in [0, 0.1) is 18.6 Å². The van der Waals surface area contributed by atoms with E-state index in [0.717, 1.165) is 29.3 Å². The molecule has 51 heavy (non-hydrogen) atoms. The molecule has 0 aliphatic carbocycles. The van der Waals surface area contributed by atoms with E-state index in [1.165, 1.54) is 35.2 Å². The first-order chi connectivity index (χ1) is 24.4. The van der Waals surface area contributed by atoms with Crippen LogP contribution in [0.5, 0.6) is 5.75 Å². The van der Waals surface area contributed by atoms with Gasteiger partial charge in [-0.05, 0) is 72.4 Å². The molecule has 262 valence electrons. The molecule has 0 spiro atoms. The lowest BCUT2D eigenvalue weighted by Gasteiger charge is -2.22. The van der Waals surface area contributed by atoms with E-state index >= 15 is 0 Å². The number of pyridine rings is 1. The van der Waals surface area contributed by atoms with Crippen LogP contribution in [0.15, 0.2) is 106 Å². The van der Waals surface area contributed by atoms with E-state index in [9.17, 15) is 31.5 Å². The standard InChI is InChI=1S/C39H32F5N3O4/c1-24-18-30(45-51-24)23-50-32-16-17-33-35(20-32)47(31(19-36(33)48)15-12-28-4-3-5-34(40)38(28)41)22-37(49)46(2)21-25-6-8-26(9-7-25)27-10-13-29(14-11-27)39(42,43)44/h3-11,13-14,16-20H,12,15,21-23H2,1-2H3. The average molecular weight is 702 g/mol. The van der Waals surface area contributed by atoms with Gasteiger partial charge in [-0.3, -0.25) is 9.59 Å². The molecule has 0 atom stereocenters. The Kier molecular flexibility index (Phi) is 10.0. The molecule has 6 aromatic rings. The number of aromatic nitrogens is 2. The van der Waals surface area contributed by atoms with Crippen molar-refractivity contribution in [1.29, 1.82) is 0 Å². The molecule has 12 heteroatoms. The van der Waals surface area contributed by atoms with Crippen molar-refractivity contribution in [1.82, 2.24) is 14.6 Å². The molecule has 0 unspecified atom stereocenters. The number of benzene rings is 4. The van der Waals surface area contributed by atoms with Gasteiger partial charge in [-0.2, -0.15) is 13.2 Å². The molecule has 6 rings (SSSR count). The summed E-state index contributed by atoms with van der Waals surface area (Å²) >= 11 is 0. The molecule has 0 aliphatic heterocycles. The van der Waals surface area contributed by atoms with Crippen LogP contribution >= 0.6 is 0 Å². The summed E-state index contributed by atoms with van der Waals surface area (Å²) in [5.74, 6) is -1.20. The van der Waals surface area contributed by atoms with Crippen molar-refractivity contribution >= 4 is 16.8 Å². The quantitative estimate of drug-likeness (QED) is 0.127. The van der Waals surface area contributed by atoms with Crippen molar-refractivity contribution in [2.45, 2.75) is 45.6 Å². The third kappa shape index (κ3) is 8.17. The number of hydrogen-bond acceptors (Lipinski definition) is 5. The van der Waals surface area contributed by atoms with E-state index in [0.29, 0.717) is 39.4 Å². The molecule has 1 amide bonds. The first-order valence-electron chi connectivity index (χ1n) is 16.0. The normalized spacial score (nSPS) is 11.6. The van der Waals surface area contributed by atoms with Crippen molar-refractivity contribution in [3.05, 3.63) is 153 Å². The number of carbonyl (C=O) groups excluding carboxylic acids is 1. The summed E-state index contributed by atoms with van der Waals surface area (Å²) in [6, 6.07) is 24.0. The Hall–Kier alpha value is -5.78. The van der Waals surface area contributed by atoms with Gasteiger partial charge < -0.3 is 18.7 Å². The van der Waals surface area contributed by atoms with E-state index in [4.69, 9.17) is 9.26 Å². The molecule has 2 aromatic heterocycles. The predicted molar refractivity (Wildman–Crippen MR) is 181 cm³/mol. The number of likely N-dealkylation sites (N-methyl/N-ethyl adjacent to an activating group) is 1. The molecule has 0 aliphatic rings. The summed E-state index contributed by atoms with van der Waals surface area (Å²) in [5.41, 5.74) is 2.67. The number of hydrogen-bond donors (Lipinski definition) is 0. The molecule has 0 N–H and O–H groups in total. The zero-order valence-corrected chi connectivity index (χ0v) is 27.6. The fourth-order valence-corrected chi connectivity index (χ4v) is 5.81. The van der Waals surface area contributed by atoms with E-state index in [1.807, 2.05) is 0 Å². The third-order valence-electron chi connectivity index (χ3n) is 8.55. The maximum absolute atomic E-state index is 14.5. The number of fused-ring (bicyclic) bond motifs is 1. The molecular formula is C39H32F5N3O4. The van der Waals surface area contributed by atoms with Crippen molar-refractivity contribution in [3.8, 4) is 16.9 Å². The Bertz CT molecular complexity index is 2240. The molecular weight excluding hydrogens is 669 g/mol. The Balaban J connectivity index is 1.25. The van der Waals surface area contributed by atoms with Gasteiger partial charge in [0.2, 0.25) is 5.91 Å². The summed E-state index contributed by atoms with van der Waals surface area (Å²) < 4.78 is 80.1. The summed E-state index contributed by atoms with van der Waals surface area (Å²) in [4.78, 5) is 28.5. The largest absolute Gasteiger partial charge is 0.487 e. The number of ether oxygens (including phenoxy) is 1. The number of amides is 1. The molecule has 0 saturated carbocycles. The van der Waals surface area contributed by atoms with Crippen molar-refractivity contribution in [3.63, 3.8) is 0 Å². The summed E-state index contributed by atoms with van der Waals surface area (Å²) in [6.07, 6.45) is -4.21. The van der Waals surface area contributed by atoms with E-state index in [1.54, 1.807) is 67.1 Å². The summed E-state index contributed by atoms with van der Waals surface area (Å²) in [5, 5.41) is 4.27. The van der Waals surface area contributed by atoms with Crippen LogP contribution < -0.4 is 10.2 Å². The van der Waals surface area contributed by atoms with Crippen LogP contribution in [0.4, 0.5) is 22.0 Å². The zero-order valence-electron chi connectivity index (χ0n) is 27.6. The number of alkyl halides is 3. The Morgan fingerprint density at radius 3 is 2.27 bits per heavy atom. The topological polar surface area (TPSA) is 77.6 Å². The average Bonchev–Trinajstić information content (AvgIpc) is 3.54. The zero-order chi connectivity index (χ0) is 36.3. The van der Waals surface area contributed by atoms with Crippen LogP contribution in [0.1, 0.15) is 33.8 Å². The minimum atomic E-state index is -4.42. The molecule has 4 aromatic carbocycles. The highest BCUT2D eigenvalue weighted by molar-refractivity contribution is 5.84. The fraction of sp³-hybridized carbons (Fsp3) is 0.205. The van der Waals surface area contributed by atoms with E-state index in [-0.39, 0.29) is 49.4 Å². The maximum Gasteiger partial charge on any atom is 0.416 e. The van der Waals surface area contributed by atoms with Gasteiger partial charge in [-0.15, -0.1) is 0 Å². The highest BCUT2D eigenvalue weighted by atomic mass is 19.4. The smallest absolute Gasteiger partial charge is 0.416 e. The van der Waals surface area contributed by atoms with Crippen LogP contribution in [0.25, 0.3) is 22.0 Å². The summed E-state index contributed by atoms with van der Waals surface area (Å²) in [6.45, 7) is 1.91. The van der Waals surface area contributed by atoms with Gasteiger partial charge in [-0.25, -0.2) is 8.78 Å². The van der Waals surface area contributed by atoms with Crippen LogP contribution in [0.3, 0.4) is 0 Å². The number of halogens is 5. The number of rotatable bonds is 11. The van der Waals surface area contributed by atoms with Gasteiger partial charge in [0, 0.05) is 42.9 Å². The first kappa shape index (κ1) is 35.1.